The van der Waals surface area contributed by atoms with E-state index in [4.69, 9.17) is 5.73 Å². The van der Waals surface area contributed by atoms with Crippen molar-refractivity contribution in [1.29, 1.82) is 0 Å². The number of hydrogen-bond acceptors (Lipinski definition) is 4. The summed E-state index contributed by atoms with van der Waals surface area (Å²) in [6.07, 6.45) is 0. The van der Waals surface area contributed by atoms with Gasteiger partial charge < -0.3 is 15.6 Å². The fraction of sp³-hybridized carbons (Fsp3) is 0. The molecule has 0 heterocycles. The van der Waals surface area contributed by atoms with Gasteiger partial charge >= 0.3 is 29.6 Å². The summed E-state index contributed by atoms with van der Waals surface area (Å²) >= 11 is 0. The number of primary amides is 1. The Labute approximate surface area is 107 Å². The number of rotatable bonds is 3. The quantitative estimate of drug-likeness (QED) is 0.492. The van der Waals surface area contributed by atoms with Gasteiger partial charge in [0.05, 0.1) is 17.1 Å². The SMILES string of the molecule is NC(=O)c1cccc([NH+]=O)c1C(=O)[O-].[Na+]. The van der Waals surface area contributed by atoms with Gasteiger partial charge in [0.25, 0.3) is 5.69 Å². The van der Waals surface area contributed by atoms with Gasteiger partial charge in [-0.05, 0) is 6.07 Å². The average molecular weight is 217 g/mol. The van der Waals surface area contributed by atoms with E-state index in [2.05, 4.69) is 0 Å². The maximum atomic E-state index is 10.8. The Bertz CT molecular complexity index is 419. The predicted molar refractivity (Wildman–Crippen MR) is 43.3 cm³/mol. The van der Waals surface area contributed by atoms with Crippen LogP contribution in [0, 0.1) is 4.91 Å². The van der Waals surface area contributed by atoms with Gasteiger partial charge in [-0.3, -0.25) is 4.79 Å². The Morgan fingerprint density at radius 1 is 1.33 bits per heavy atom. The second-order valence-corrected chi connectivity index (χ2v) is 2.48. The van der Waals surface area contributed by atoms with Crippen LogP contribution >= 0.6 is 0 Å². The van der Waals surface area contributed by atoms with Gasteiger partial charge in [0.15, 0.2) is 0 Å². The monoisotopic (exact) mass is 217 g/mol. The zero-order valence-electron chi connectivity index (χ0n) is 7.94. The third-order valence-electron chi connectivity index (χ3n) is 1.64. The van der Waals surface area contributed by atoms with Crippen molar-refractivity contribution in [3.8, 4) is 0 Å². The van der Waals surface area contributed by atoms with E-state index in [-0.39, 0.29) is 40.8 Å². The first kappa shape index (κ1) is 13.8. The molecule has 3 N–H and O–H groups in total. The van der Waals surface area contributed by atoms with E-state index in [1.807, 2.05) is 0 Å². The number of carbonyl (C=O) groups excluding carboxylic acids is 2. The van der Waals surface area contributed by atoms with Crippen molar-refractivity contribution in [3.05, 3.63) is 34.2 Å². The van der Waals surface area contributed by atoms with Gasteiger partial charge in [0, 0.05) is 16.2 Å². The van der Waals surface area contributed by atoms with Crippen LogP contribution < -0.4 is 45.6 Å². The average Bonchev–Trinajstić information content (AvgIpc) is 2.16. The number of carboxylic acids is 1. The topological polar surface area (TPSA) is 114 Å². The maximum absolute atomic E-state index is 10.8. The minimum Gasteiger partial charge on any atom is -0.545 e. The number of aromatic carboxylic acids is 1. The molecule has 0 aliphatic heterocycles. The molecular formula is C8H6N2NaO4+. The van der Waals surface area contributed by atoms with Crippen molar-refractivity contribution in [2.45, 2.75) is 0 Å². The molecule has 6 nitrogen and oxygen atoms in total. The van der Waals surface area contributed by atoms with Crippen molar-refractivity contribution in [1.82, 2.24) is 0 Å². The molecule has 0 bridgehead atoms. The van der Waals surface area contributed by atoms with Crippen molar-refractivity contribution >= 4 is 17.6 Å². The van der Waals surface area contributed by atoms with Crippen molar-refractivity contribution < 1.29 is 49.4 Å². The van der Waals surface area contributed by atoms with E-state index in [9.17, 15) is 19.6 Å². The molecule has 0 aliphatic carbocycles. The minimum absolute atomic E-state index is 0. The van der Waals surface area contributed by atoms with E-state index in [0.29, 0.717) is 0 Å². The maximum Gasteiger partial charge on any atom is 1.00 e. The van der Waals surface area contributed by atoms with Gasteiger partial charge in [-0.25, -0.2) is 0 Å². The molecule has 0 aromatic heterocycles. The van der Waals surface area contributed by atoms with Gasteiger partial charge in [0.2, 0.25) is 5.91 Å². The minimum atomic E-state index is -1.63. The number of nitrogens with one attached hydrogen (secondary N) is 1. The Balaban J connectivity index is 0.00000196. The molecule has 7 heteroatoms. The summed E-state index contributed by atoms with van der Waals surface area (Å²) in [5.41, 5.74) is 3.89. The van der Waals surface area contributed by atoms with Crippen LogP contribution in [-0.2, 0) is 0 Å². The molecule has 1 aromatic carbocycles. The third kappa shape index (κ3) is 2.85. The zero-order chi connectivity index (χ0) is 10.7. The molecule has 0 spiro atoms. The molecule has 1 rings (SSSR count). The molecule has 0 saturated heterocycles. The summed E-state index contributed by atoms with van der Waals surface area (Å²) in [5.74, 6) is -2.56. The molecule has 1 amide bonds. The van der Waals surface area contributed by atoms with E-state index in [0.717, 1.165) is 0 Å². The Kier molecular flexibility index (Phi) is 5.13. The molecule has 0 aliphatic rings. The summed E-state index contributed by atoms with van der Waals surface area (Å²) in [7, 11) is 0. The summed E-state index contributed by atoms with van der Waals surface area (Å²) < 4.78 is 0. The van der Waals surface area contributed by atoms with E-state index in [1.54, 1.807) is 0 Å². The van der Waals surface area contributed by atoms with Crippen molar-refractivity contribution in [2.75, 3.05) is 0 Å². The summed E-state index contributed by atoms with van der Waals surface area (Å²) in [6, 6.07) is 3.76. The Hall–Kier alpha value is -1.24. The van der Waals surface area contributed by atoms with Crippen LogP contribution in [0.15, 0.2) is 18.2 Å². The van der Waals surface area contributed by atoms with Gasteiger partial charge in [-0.15, -0.1) is 0 Å². The second-order valence-electron chi connectivity index (χ2n) is 2.48. The van der Waals surface area contributed by atoms with Crippen LogP contribution in [0.2, 0.25) is 0 Å². The molecule has 0 saturated carbocycles. The van der Waals surface area contributed by atoms with Crippen molar-refractivity contribution in [2.24, 2.45) is 5.73 Å². The molecular weight excluding hydrogens is 211 g/mol. The number of carboxylic acid groups (broad SMARTS) is 1. The van der Waals surface area contributed by atoms with E-state index >= 15 is 0 Å². The van der Waals surface area contributed by atoms with E-state index in [1.165, 1.54) is 23.4 Å². The molecule has 0 fully saturated rings. The smallest absolute Gasteiger partial charge is 0.545 e. The molecule has 0 atom stereocenters. The Morgan fingerprint density at radius 3 is 2.33 bits per heavy atom. The summed E-state index contributed by atoms with van der Waals surface area (Å²) in [4.78, 5) is 31.7. The van der Waals surface area contributed by atoms with Gasteiger partial charge in [-0.1, -0.05) is 6.07 Å². The largest absolute Gasteiger partial charge is 1.00 e. The number of nitroso groups, excluding NO2 is 1. The van der Waals surface area contributed by atoms with Crippen LogP contribution in [0.1, 0.15) is 20.7 Å². The summed E-state index contributed by atoms with van der Waals surface area (Å²) in [5, 5.41) is 12.0. The zero-order valence-corrected chi connectivity index (χ0v) is 9.94. The summed E-state index contributed by atoms with van der Waals surface area (Å²) in [6.45, 7) is 0. The molecule has 15 heavy (non-hydrogen) atoms. The number of benzene rings is 1. The first-order valence-electron chi connectivity index (χ1n) is 3.60. The number of hydrogen-bond donors (Lipinski definition) is 2. The normalized spacial score (nSPS) is 8.80. The molecule has 1 aromatic rings. The molecule has 72 valence electrons. The Morgan fingerprint density at radius 2 is 1.93 bits per heavy atom. The van der Waals surface area contributed by atoms with Crippen LogP contribution in [0.4, 0.5) is 5.69 Å². The first-order valence-corrected chi connectivity index (χ1v) is 3.60. The number of amides is 1. The van der Waals surface area contributed by atoms with Crippen molar-refractivity contribution in [3.63, 3.8) is 0 Å². The standard InChI is InChI=1S/C8H6N2O4.Na/c9-7(11)4-2-1-3-5(10-14)6(4)8(12)13;/h1-3H,(H2,9,11)(H,12,13);/q;+1. The molecule has 0 radical (unpaired) electrons. The predicted octanol–water partition coefficient (Wildman–Crippen LogP) is -5.37. The fourth-order valence-electron chi connectivity index (χ4n) is 1.06. The number of carbonyl (C=O) groups is 2. The van der Waals surface area contributed by atoms with Crippen LogP contribution in [0.25, 0.3) is 0 Å². The van der Waals surface area contributed by atoms with Crippen LogP contribution in [-0.4, -0.2) is 11.9 Å². The van der Waals surface area contributed by atoms with Crippen LogP contribution in [0.3, 0.4) is 0 Å². The van der Waals surface area contributed by atoms with E-state index < -0.39 is 17.4 Å². The van der Waals surface area contributed by atoms with Gasteiger partial charge in [0.1, 0.15) is 0 Å². The fourth-order valence-corrected chi connectivity index (χ4v) is 1.06. The first-order chi connectivity index (χ1) is 6.57. The third-order valence-corrected chi connectivity index (χ3v) is 1.64. The van der Waals surface area contributed by atoms with Gasteiger partial charge in [-0.2, -0.15) is 0 Å². The molecule has 0 unspecified atom stereocenters. The number of nitrogens with two attached hydrogens (primary N) is 1. The second kappa shape index (κ2) is 5.59. The van der Waals surface area contributed by atoms with Crippen LogP contribution in [0.5, 0.6) is 0 Å².